The molecular weight excluding hydrogens is 361 g/mol. The van der Waals surface area contributed by atoms with Gasteiger partial charge < -0.3 is 10.1 Å². The second-order valence-electron chi connectivity index (χ2n) is 5.17. The number of rotatable bonds is 6. The first-order valence-corrected chi connectivity index (χ1v) is 8.15. The fourth-order valence-electron chi connectivity index (χ4n) is 1.96. The smallest absolute Gasteiger partial charge is 0.329 e. The molecule has 2 N–H and O–H groups in total. The van der Waals surface area contributed by atoms with Crippen molar-refractivity contribution in [1.29, 1.82) is 0 Å². The van der Waals surface area contributed by atoms with Crippen molar-refractivity contribution in [2.24, 2.45) is 5.10 Å². The summed E-state index contributed by atoms with van der Waals surface area (Å²) < 4.78 is 18.7. The molecule has 8 heteroatoms. The monoisotopic (exact) mass is 377 g/mol. The lowest BCUT2D eigenvalue weighted by molar-refractivity contribution is -0.139. The van der Waals surface area contributed by atoms with Crippen molar-refractivity contribution in [3.05, 3.63) is 64.4 Å². The van der Waals surface area contributed by atoms with Crippen LogP contribution in [0.15, 0.2) is 47.6 Å². The van der Waals surface area contributed by atoms with Crippen LogP contribution in [0.1, 0.15) is 18.1 Å². The maximum atomic E-state index is 13.1. The van der Waals surface area contributed by atoms with Crippen LogP contribution in [-0.4, -0.2) is 24.6 Å². The van der Waals surface area contributed by atoms with Gasteiger partial charge in [0.1, 0.15) is 18.2 Å². The van der Waals surface area contributed by atoms with E-state index >= 15 is 0 Å². The molecule has 0 atom stereocenters. The van der Waals surface area contributed by atoms with Gasteiger partial charge in [-0.05, 0) is 48.4 Å². The molecular formula is C18H17ClFN3O3. The number of likely N-dealkylation sites (N-methyl/N-ethyl adjacent to an activating group) is 1. The fourth-order valence-corrected chi connectivity index (χ4v) is 2.20. The highest BCUT2D eigenvalue weighted by Gasteiger charge is 2.10. The number of hydrogen-bond donors (Lipinski definition) is 2. The van der Waals surface area contributed by atoms with Gasteiger partial charge in [-0.25, -0.2) is 9.82 Å². The van der Waals surface area contributed by atoms with Crippen LogP contribution in [-0.2, 0) is 16.2 Å². The zero-order valence-electron chi connectivity index (χ0n) is 14.0. The maximum absolute atomic E-state index is 13.1. The summed E-state index contributed by atoms with van der Waals surface area (Å²) in [4.78, 5) is 22.6. The number of nitrogens with zero attached hydrogens (tertiary/aromatic N) is 1. The first-order valence-electron chi connectivity index (χ1n) is 7.77. The summed E-state index contributed by atoms with van der Waals surface area (Å²) in [5.74, 6) is -1.52. The zero-order chi connectivity index (χ0) is 18.9. The molecule has 0 aromatic heterocycles. The number of carbonyl (C=O) groups is 2. The third-order valence-corrected chi connectivity index (χ3v) is 3.46. The third-order valence-electron chi connectivity index (χ3n) is 3.16. The Balaban J connectivity index is 1.93. The second kappa shape index (κ2) is 9.53. The van der Waals surface area contributed by atoms with E-state index in [1.54, 1.807) is 37.3 Å². The fraction of sp³-hybridized carbons (Fsp3) is 0.167. The van der Waals surface area contributed by atoms with E-state index in [0.717, 1.165) is 0 Å². The highest BCUT2D eigenvalue weighted by atomic mass is 35.5. The number of nitrogens with one attached hydrogen (secondary N) is 2. The van der Waals surface area contributed by atoms with Crippen LogP contribution in [0.2, 0.25) is 5.02 Å². The summed E-state index contributed by atoms with van der Waals surface area (Å²) in [6.07, 6.45) is 1.35. The molecule has 0 saturated carbocycles. The van der Waals surface area contributed by atoms with Gasteiger partial charge in [-0.2, -0.15) is 5.10 Å². The number of amides is 2. The average molecular weight is 378 g/mol. The van der Waals surface area contributed by atoms with E-state index in [4.69, 9.17) is 16.3 Å². The van der Waals surface area contributed by atoms with E-state index in [1.165, 1.54) is 18.3 Å². The van der Waals surface area contributed by atoms with Crippen molar-refractivity contribution in [3.8, 4) is 5.75 Å². The van der Waals surface area contributed by atoms with E-state index < -0.39 is 11.8 Å². The standard InChI is InChI=1S/C18H17ClFN3O3/c1-2-21-17(24)18(25)23-22-10-12-6-7-16(15(19)9-12)26-11-13-4-3-5-14(20)8-13/h3-10H,2,11H2,1H3,(H,21,24)(H,23,25)/b22-10-. The molecule has 2 rings (SSSR count). The van der Waals surface area contributed by atoms with Gasteiger partial charge in [0.15, 0.2) is 0 Å². The topological polar surface area (TPSA) is 79.8 Å². The number of benzene rings is 2. The van der Waals surface area contributed by atoms with Crippen molar-refractivity contribution in [2.45, 2.75) is 13.5 Å². The molecule has 0 spiro atoms. The Bertz CT molecular complexity index is 827. The number of hydrazone groups is 1. The van der Waals surface area contributed by atoms with E-state index in [-0.39, 0.29) is 12.4 Å². The second-order valence-corrected chi connectivity index (χ2v) is 5.57. The van der Waals surface area contributed by atoms with Crippen molar-refractivity contribution < 1.29 is 18.7 Å². The van der Waals surface area contributed by atoms with Gasteiger partial charge in [0.2, 0.25) is 0 Å². The summed E-state index contributed by atoms with van der Waals surface area (Å²) in [6, 6.07) is 11.0. The highest BCUT2D eigenvalue weighted by molar-refractivity contribution is 6.35. The summed E-state index contributed by atoms with van der Waals surface area (Å²) in [7, 11) is 0. The minimum atomic E-state index is -0.857. The Kier molecular flexibility index (Phi) is 7.11. The largest absolute Gasteiger partial charge is 0.487 e. The van der Waals surface area contributed by atoms with Crippen LogP contribution in [0.25, 0.3) is 0 Å². The molecule has 0 heterocycles. The molecule has 0 aliphatic rings. The SMILES string of the molecule is CCNC(=O)C(=O)N/N=C\c1ccc(OCc2cccc(F)c2)c(Cl)c1. The molecule has 2 aromatic carbocycles. The Morgan fingerprint density at radius 2 is 2.04 bits per heavy atom. The van der Waals surface area contributed by atoms with Crippen LogP contribution in [0.4, 0.5) is 4.39 Å². The van der Waals surface area contributed by atoms with E-state index in [2.05, 4.69) is 15.8 Å². The molecule has 0 unspecified atom stereocenters. The molecule has 0 aliphatic heterocycles. The number of halogens is 2. The van der Waals surface area contributed by atoms with Crippen molar-refractivity contribution in [1.82, 2.24) is 10.7 Å². The average Bonchev–Trinajstić information content (AvgIpc) is 2.61. The lowest BCUT2D eigenvalue weighted by Gasteiger charge is -2.08. The van der Waals surface area contributed by atoms with E-state index in [9.17, 15) is 14.0 Å². The predicted octanol–water partition coefficient (Wildman–Crippen LogP) is 2.64. The molecule has 2 aromatic rings. The number of hydrogen-bond acceptors (Lipinski definition) is 4. The lowest BCUT2D eigenvalue weighted by atomic mass is 10.2. The Labute approximate surface area is 155 Å². The zero-order valence-corrected chi connectivity index (χ0v) is 14.7. The van der Waals surface area contributed by atoms with E-state index in [1.807, 2.05) is 0 Å². The minimum Gasteiger partial charge on any atom is -0.487 e. The summed E-state index contributed by atoms with van der Waals surface area (Å²) in [5.41, 5.74) is 3.39. The van der Waals surface area contributed by atoms with Crippen molar-refractivity contribution in [3.63, 3.8) is 0 Å². The summed E-state index contributed by atoms with van der Waals surface area (Å²) in [6.45, 7) is 2.23. The van der Waals surface area contributed by atoms with Gasteiger partial charge in [0, 0.05) is 6.54 Å². The lowest BCUT2D eigenvalue weighted by Crippen LogP contribution is -2.37. The van der Waals surface area contributed by atoms with Gasteiger partial charge in [0.25, 0.3) is 0 Å². The van der Waals surface area contributed by atoms with Crippen molar-refractivity contribution >= 4 is 29.6 Å². The Morgan fingerprint density at radius 1 is 1.23 bits per heavy atom. The summed E-state index contributed by atoms with van der Waals surface area (Å²) in [5, 5.41) is 6.38. The normalized spacial score (nSPS) is 10.6. The number of ether oxygens (including phenoxy) is 1. The molecule has 0 radical (unpaired) electrons. The summed E-state index contributed by atoms with van der Waals surface area (Å²) >= 11 is 6.15. The highest BCUT2D eigenvalue weighted by Crippen LogP contribution is 2.25. The first-order chi connectivity index (χ1) is 12.5. The third kappa shape index (κ3) is 5.86. The maximum Gasteiger partial charge on any atom is 0.329 e. The van der Waals surface area contributed by atoms with Gasteiger partial charge in [0.05, 0.1) is 11.2 Å². The molecule has 0 fully saturated rings. The van der Waals surface area contributed by atoms with Crippen LogP contribution in [0, 0.1) is 5.82 Å². The predicted molar refractivity (Wildman–Crippen MR) is 96.6 cm³/mol. The van der Waals surface area contributed by atoms with Gasteiger partial charge >= 0.3 is 11.8 Å². The van der Waals surface area contributed by atoms with Crippen LogP contribution in [0.3, 0.4) is 0 Å². The van der Waals surface area contributed by atoms with Gasteiger partial charge in [-0.1, -0.05) is 23.7 Å². The molecule has 0 aliphatic carbocycles. The van der Waals surface area contributed by atoms with Crippen LogP contribution in [0.5, 0.6) is 5.75 Å². The molecule has 0 saturated heterocycles. The minimum absolute atomic E-state index is 0.174. The molecule has 26 heavy (non-hydrogen) atoms. The molecule has 136 valence electrons. The Hall–Kier alpha value is -2.93. The molecule has 0 bridgehead atoms. The molecule has 6 nitrogen and oxygen atoms in total. The quantitative estimate of drug-likeness (QED) is 0.461. The van der Waals surface area contributed by atoms with E-state index in [0.29, 0.717) is 28.4 Å². The number of carbonyl (C=O) groups excluding carboxylic acids is 2. The Morgan fingerprint density at radius 3 is 2.73 bits per heavy atom. The van der Waals surface area contributed by atoms with Gasteiger partial charge in [-0.3, -0.25) is 9.59 Å². The first kappa shape index (κ1) is 19.4. The van der Waals surface area contributed by atoms with Crippen LogP contribution >= 0.6 is 11.6 Å². The molecule has 2 amide bonds. The van der Waals surface area contributed by atoms with Crippen molar-refractivity contribution in [2.75, 3.05) is 6.54 Å². The van der Waals surface area contributed by atoms with Crippen LogP contribution < -0.4 is 15.5 Å². The van der Waals surface area contributed by atoms with Gasteiger partial charge in [-0.15, -0.1) is 0 Å².